The number of amides is 1. The molecule has 108 valence electrons. The van der Waals surface area contributed by atoms with Gasteiger partial charge in [0, 0.05) is 5.69 Å². The Bertz CT molecular complexity index is 637. The van der Waals surface area contributed by atoms with E-state index in [0.29, 0.717) is 0 Å². The Balaban J connectivity index is 1.79. The molecule has 3 heteroatoms. The Hall–Kier alpha value is -2.13. The maximum absolute atomic E-state index is 12.4. The van der Waals surface area contributed by atoms with E-state index in [2.05, 4.69) is 11.4 Å². The number of nitrogens with one attached hydrogen (secondary N) is 1. The minimum atomic E-state index is -0.634. The molecule has 1 aliphatic carbocycles. The number of carbonyl (C=O) groups excluding carboxylic acids is 1. The normalized spacial score (nSPS) is 15.1. The van der Waals surface area contributed by atoms with Crippen molar-refractivity contribution in [2.24, 2.45) is 5.73 Å². The van der Waals surface area contributed by atoms with Crippen LogP contribution in [0.5, 0.6) is 0 Å². The molecule has 0 radical (unpaired) electrons. The van der Waals surface area contributed by atoms with Crippen molar-refractivity contribution in [3.8, 4) is 0 Å². The Morgan fingerprint density at radius 3 is 2.57 bits per heavy atom. The van der Waals surface area contributed by atoms with Gasteiger partial charge in [-0.15, -0.1) is 0 Å². The molecule has 0 fully saturated rings. The first-order valence-corrected chi connectivity index (χ1v) is 7.48. The molecule has 0 heterocycles. The predicted molar refractivity (Wildman–Crippen MR) is 85.1 cm³/mol. The molecule has 1 aliphatic rings. The van der Waals surface area contributed by atoms with Crippen LogP contribution in [0.15, 0.2) is 48.5 Å². The fraction of sp³-hybridized carbons (Fsp3) is 0.278. The summed E-state index contributed by atoms with van der Waals surface area (Å²) in [7, 11) is 0. The number of rotatable bonds is 3. The van der Waals surface area contributed by atoms with Crippen molar-refractivity contribution < 1.29 is 4.79 Å². The molecule has 1 atom stereocenters. The lowest BCUT2D eigenvalue weighted by atomic mass is 9.90. The summed E-state index contributed by atoms with van der Waals surface area (Å²) in [5, 5.41) is 3.00. The predicted octanol–water partition coefficient (Wildman–Crippen LogP) is 3.20. The van der Waals surface area contributed by atoms with Crippen LogP contribution in [-0.2, 0) is 17.6 Å². The third kappa shape index (κ3) is 2.98. The van der Waals surface area contributed by atoms with Crippen molar-refractivity contribution in [2.75, 3.05) is 5.32 Å². The van der Waals surface area contributed by atoms with Crippen LogP contribution in [0.4, 0.5) is 5.69 Å². The molecule has 0 saturated heterocycles. The maximum Gasteiger partial charge on any atom is 0.245 e. The van der Waals surface area contributed by atoms with Crippen LogP contribution < -0.4 is 11.1 Å². The van der Waals surface area contributed by atoms with E-state index >= 15 is 0 Å². The summed E-state index contributed by atoms with van der Waals surface area (Å²) in [5.74, 6) is -0.153. The highest BCUT2D eigenvalue weighted by Gasteiger charge is 2.19. The summed E-state index contributed by atoms with van der Waals surface area (Å²) in [6, 6.07) is 15.0. The molecule has 1 amide bonds. The molecule has 0 aliphatic heterocycles. The van der Waals surface area contributed by atoms with Gasteiger partial charge in [0.25, 0.3) is 0 Å². The fourth-order valence-corrected chi connectivity index (χ4v) is 2.92. The first-order valence-electron chi connectivity index (χ1n) is 7.48. The summed E-state index contributed by atoms with van der Waals surface area (Å²) in [6.45, 7) is 0. The minimum absolute atomic E-state index is 0.153. The zero-order chi connectivity index (χ0) is 14.7. The van der Waals surface area contributed by atoms with Crippen LogP contribution in [0.2, 0.25) is 0 Å². The second-order valence-corrected chi connectivity index (χ2v) is 5.53. The van der Waals surface area contributed by atoms with Gasteiger partial charge in [0.05, 0.1) is 0 Å². The second kappa shape index (κ2) is 6.10. The number of hydrogen-bond donors (Lipinski definition) is 2. The summed E-state index contributed by atoms with van der Waals surface area (Å²) in [6.07, 6.45) is 4.55. The van der Waals surface area contributed by atoms with Gasteiger partial charge < -0.3 is 11.1 Å². The molecule has 0 bridgehead atoms. The van der Waals surface area contributed by atoms with E-state index in [0.717, 1.165) is 24.1 Å². The van der Waals surface area contributed by atoms with Gasteiger partial charge in [-0.05, 0) is 48.4 Å². The van der Waals surface area contributed by atoms with Gasteiger partial charge in [-0.2, -0.15) is 0 Å². The van der Waals surface area contributed by atoms with Crippen molar-refractivity contribution in [1.82, 2.24) is 0 Å². The fourth-order valence-electron chi connectivity index (χ4n) is 2.92. The summed E-state index contributed by atoms with van der Waals surface area (Å²) < 4.78 is 0. The van der Waals surface area contributed by atoms with Crippen molar-refractivity contribution in [3.63, 3.8) is 0 Å². The van der Waals surface area contributed by atoms with Gasteiger partial charge in [-0.1, -0.05) is 42.5 Å². The summed E-state index contributed by atoms with van der Waals surface area (Å²) >= 11 is 0. The molecule has 3 N–H and O–H groups in total. The SMILES string of the molecule is N[C@H](C(=O)Nc1cccc2c1CCCC2)c1ccccc1. The number of fused-ring (bicyclic) bond motifs is 1. The van der Waals surface area contributed by atoms with Gasteiger partial charge in [0.15, 0.2) is 0 Å². The molecule has 0 spiro atoms. The number of nitrogens with two attached hydrogens (primary N) is 1. The van der Waals surface area contributed by atoms with Crippen molar-refractivity contribution in [3.05, 3.63) is 65.2 Å². The largest absolute Gasteiger partial charge is 0.324 e. The molecule has 0 unspecified atom stereocenters. The zero-order valence-electron chi connectivity index (χ0n) is 12.0. The van der Waals surface area contributed by atoms with Gasteiger partial charge in [-0.25, -0.2) is 0 Å². The minimum Gasteiger partial charge on any atom is -0.324 e. The number of hydrogen-bond acceptors (Lipinski definition) is 2. The monoisotopic (exact) mass is 280 g/mol. The lowest BCUT2D eigenvalue weighted by Gasteiger charge is -2.20. The average Bonchev–Trinajstić information content (AvgIpc) is 2.55. The van der Waals surface area contributed by atoms with Crippen LogP contribution in [0.3, 0.4) is 0 Å². The molecule has 0 aromatic heterocycles. The molecule has 2 aromatic rings. The second-order valence-electron chi connectivity index (χ2n) is 5.53. The van der Waals surface area contributed by atoms with E-state index in [1.165, 1.54) is 24.0 Å². The van der Waals surface area contributed by atoms with E-state index in [1.54, 1.807) is 0 Å². The standard InChI is InChI=1S/C18H20N2O/c19-17(14-8-2-1-3-9-14)18(21)20-16-12-6-10-13-7-4-5-11-15(13)16/h1-3,6,8-10,12,17H,4-5,7,11,19H2,(H,20,21)/t17-/m0/s1. The first kappa shape index (κ1) is 13.8. The Morgan fingerprint density at radius 2 is 1.76 bits per heavy atom. The van der Waals surface area contributed by atoms with E-state index in [9.17, 15) is 4.79 Å². The third-order valence-electron chi connectivity index (χ3n) is 4.09. The smallest absolute Gasteiger partial charge is 0.245 e. The molecular weight excluding hydrogens is 260 g/mol. The third-order valence-corrected chi connectivity index (χ3v) is 4.09. The number of carbonyl (C=O) groups is 1. The van der Waals surface area contributed by atoms with E-state index < -0.39 is 6.04 Å². The van der Waals surface area contributed by atoms with Gasteiger partial charge >= 0.3 is 0 Å². The first-order chi connectivity index (χ1) is 10.3. The molecule has 2 aromatic carbocycles. The van der Waals surface area contributed by atoms with Crippen LogP contribution >= 0.6 is 0 Å². The Morgan fingerprint density at radius 1 is 1.00 bits per heavy atom. The molecule has 0 saturated carbocycles. The van der Waals surface area contributed by atoms with Crippen LogP contribution in [-0.4, -0.2) is 5.91 Å². The van der Waals surface area contributed by atoms with E-state index in [-0.39, 0.29) is 5.91 Å². The van der Waals surface area contributed by atoms with Crippen molar-refractivity contribution in [1.29, 1.82) is 0 Å². The lowest BCUT2D eigenvalue weighted by molar-refractivity contribution is -0.117. The van der Waals surface area contributed by atoms with Gasteiger partial charge in [0.2, 0.25) is 5.91 Å². The zero-order valence-corrected chi connectivity index (χ0v) is 12.0. The van der Waals surface area contributed by atoms with Gasteiger partial charge in [-0.3, -0.25) is 4.79 Å². The molecule has 3 nitrogen and oxygen atoms in total. The van der Waals surface area contributed by atoms with Crippen molar-refractivity contribution in [2.45, 2.75) is 31.7 Å². The Kier molecular flexibility index (Phi) is 4.02. The average molecular weight is 280 g/mol. The number of benzene rings is 2. The van der Waals surface area contributed by atoms with Gasteiger partial charge in [0.1, 0.15) is 6.04 Å². The topological polar surface area (TPSA) is 55.1 Å². The van der Waals surface area contributed by atoms with Crippen LogP contribution in [0.1, 0.15) is 35.6 Å². The number of aryl methyl sites for hydroxylation is 1. The lowest BCUT2D eigenvalue weighted by Crippen LogP contribution is -2.28. The molecular formula is C18H20N2O. The quantitative estimate of drug-likeness (QED) is 0.907. The highest BCUT2D eigenvalue weighted by molar-refractivity contribution is 5.96. The van der Waals surface area contributed by atoms with Crippen molar-refractivity contribution >= 4 is 11.6 Å². The van der Waals surface area contributed by atoms with E-state index in [1.807, 2.05) is 42.5 Å². The van der Waals surface area contributed by atoms with Crippen LogP contribution in [0.25, 0.3) is 0 Å². The van der Waals surface area contributed by atoms with E-state index in [4.69, 9.17) is 5.73 Å². The van der Waals surface area contributed by atoms with Crippen LogP contribution in [0, 0.1) is 0 Å². The summed E-state index contributed by atoms with van der Waals surface area (Å²) in [4.78, 5) is 12.4. The number of anilines is 1. The highest BCUT2D eigenvalue weighted by atomic mass is 16.2. The maximum atomic E-state index is 12.4. The highest BCUT2D eigenvalue weighted by Crippen LogP contribution is 2.28. The Labute approximate surface area is 125 Å². The molecule has 3 rings (SSSR count). The molecule has 21 heavy (non-hydrogen) atoms. The summed E-state index contributed by atoms with van der Waals surface area (Å²) in [5.41, 5.74) is 10.4.